The van der Waals surface area contributed by atoms with Gasteiger partial charge in [-0.05, 0) is 20.8 Å². The molecule has 1 N–H and O–H groups in total. The zero-order valence-corrected chi connectivity index (χ0v) is 9.35. The van der Waals surface area contributed by atoms with E-state index >= 15 is 0 Å². The highest BCUT2D eigenvalue weighted by Crippen LogP contribution is 2.08. The molecule has 1 aromatic heterocycles. The zero-order chi connectivity index (χ0) is 12.2. The van der Waals surface area contributed by atoms with Crippen molar-refractivity contribution < 1.29 is 14.3 Å². The molecule has 0 aliphatic rings. The Balaban J connectivity index is 2.59. The number of amides is 1. The summed E-state index contributed by atoms with van der Waals surface area (Å²) in [7, 11) is 0. The maximum absolute atomic E-state index is 11.3. The predicted molar refractivity (Wildman–Crippen MR) is 57.3 cm³/mol. The molecule has 0 bridgehead atoms. The summed E-state index contributed by atoms with van der Waals surface area (Å²) in [6.07, 6.45) is 2.61. The molecule has 0 fully saturated rings. The Labute approximate surface area is 93.0 Å². The van der Waals surface area contributed by atoms with Crippen molar-refractivity contribution in [3.8, 4) is 0 Å². The van der Waals surface area contributed by atoms with Crippen LogP contribution in [0.4, 0.5) is 10.7 Å². The van der Waals surface area contributed by atoms with Gasteiger partial charge in [-0.1, -0.05) is 0 Å². The summed E-state index contributed by atoms with van der Waals surface area (Å²) >= 11 is 0. The van der Waals surface area contributed by atoms with Crippen molar-refractivity contribution >= 4 is 18.3 Å². The topological polar surface area (TPSA) is 81.2 Å². The van der Waals surface area contributed by atoms with Crippen molar-refractivity contribution in [2.45, 2.75) is 26.4 Å². The van der Waals surface area contributed by atoms with Gasteiger partial charge in [0.2, 0.25) is 5.95 Å². The van der Waals surface area contributed by atoms with Gasteiger partial charge in [0.1, 0.15) is 5.60 Å². The standard InChI is InChI=1S/C10H13N3O3/c1-10(2,3)16-9(15)13-8-11-4-7(6-14)5-12-8/h4-6H,1-3H3,(H,11,12,13,15). The summed E-state index contributed by atoms with van der Waals surface area (Å²) in [5.74, 6) is 0.0971. The van der Waals surface area contributed by atoms with Gasteiger partial charge in [0.25, 0.3) is 0 Å². The predicted octanol–water partition coefficient (Wildman–Crippen LogP) is 1.64. The average Bonchev–Trinajstić information content (AvgIpc) is 2.16. The minimum absolute atomic E-state index is 0.0971. The molecular weight excluding hydrogens is 210 g/mol. The number of carbonyl (C=O) groups is 2. The fourth-order valence-corrected chi connectivity index (χ4v) is 0.858. The second-order valence-electron chi connectivity index (χ2n) is 4.08. The van der Waals surface area contributed by atoms with Crippen LogP contribution in [0.3, 0.4) is 0 Å². The van der Waals surface area contributed by atoms with Crippen LogP contribution >= 0.6 is 0 Å². The van der Waals surface area contributed by atoms with Crippen molar-refractivity contribution in [2.75, 3.05) is 5.32 Å². The SMILES string of the molecule is CC(C)(C)OC(=O)Nc1ncc(C=O)cn1. The first-order valence-corrected chi connectivity index (χ1v) is 4.68. The third kappa shape index (κ3) is 4.04. The van der Waals surface area contributed by atoms with Crippen molar-refractivity contribution in [1.29, 1.82) is 0 Å². The number of carbonyl (C=O) groups excluding carboxylic acids is 2. The van der Waals surface area contributed by atoms with E-state index in [2.05, 4.69) is 15.3 Å². The van der Waals surface area contributed by atoms with E-state index in [1.807, 2.05) is 0 Å². The van der Waals surface area contributed by atoms with Crippen molar-refractivity contribution in [1.82, 2.24) is 9.97 Å². The number of nitrogens with zero attached hydrogens (tertiary/aromatic N) is 2. The number of aldehydes is 1. The Hall–Kier alpha value is -1.98. The van der Waals surface area contributed by atoms with Crippen LogP contribution in [0, 0.1) is 0 Å². The first-order valence-electron chi connectivity index (χ1n) is 4.68. The van der Waals surface area contributed by atoms with E-state index in [1.54, 1.807) is 20.8 Å². The Morgan fingerprint density at radius 1 is 1.38 bits per heavy atom. The van der Waals surface area contributed by atoms with Crippen LogP contribution in [0.1, 0.15) is 31.1 Å². The number of ether oxygens (including phenoxy) is 1. The van der Waals surface area contributed by atoms with Gasteiger partial charge in [-0.2, -0.15) is 0 Å². The van der Waals surface area contributed by atoms with Crippen LogP contribution in [0.5, 0.6) is 0 Å². The first kappa shape index (κ1) is 12.1. The number of hydrogen-bond acceptors (Lipinski definition) is 5. The van der Waals surface area contributed by atoms with Gasteiger partial charge in [0.05, 0.1) is 5.56 Å². The van der Waals surface area contributed by atoms with Gasteiger partial charge in [0.15, 0.2) is 6.29 Å². The van der Waals surface area contributed by atoms with E-state index in [0.717, 1.165) is 0 Å². The third-order valence-corrected chi connectivity index (χ3v) is 1.42. The normalized spacial score (nSPS) is 10.7. The molecule has 0 aliphatic carbocycles. The lowest BCUT2D eigenvalue weighted by Crippen LogP contribution is -2.27. The molecule has 16 heavy (non-hydrogen) atoms. The van der Waals surface area contributed by atoms with E-state index < -0.39 is 11.7 Å². The molecule has 0 saturated carbocycles. The Bertz CT molecular complexity index is 381. The molecule has 1 rings (SSSR count). The van der Waals surface area contributed by atoms with Crippen molar-refractivity contribution in [3.63, 3.8) is 0 Å². The Morgan fingerprint density at radius 3 is 2.38 bits per heavy atom. The molecule has 1 heterocycles. The fraction of sp³-hybridized carbons (Fsp3) is 0.400. The highest BCUT2D eigenvalue weighted by molar-refractivity contribution is 5.82. The number of aromatic nitrogens is 2. The second-order valence-corrected chi connectivity index (χ2v) is 4.08. The number of anilines is 1. The molecule has 0 aliphatic heterocycles. The Kier molecular flexibility index (Phi) is 3.55. The third-order valence-electron chi connectivity index (χ3n) is 1.42. The van der Waals surface area contributed by atoms with Crippen LogP contribution in [0.15, 0.2) is 12.4 Å². The molecule has 0 aromatic carbocycles. The smallest absolute Gasteiger partial charge is 0.414 e. The van der Waals surface area contributed by atoms with Crippen LogP contribution in [-0.2, 0) is 4.74 Å². The van der Waals surface area contributed by atoms with E-state index in [4.69, 9.17) is 4.74 Å². The number of rotatable bonds is 2. The van der Waals surface area contributed by atoms with Gasteiger partial charge in [-0.25, -0.2) is 14.8 Å². The van der Waals surface area contributed by atoms with Crippen molar-refractivity contribution in [3.05, 3.63) is 18.0 Å². The van der Waals surface area contributed by atoms with Gasteiger partial charge in [-0.3, -0.25) is 10.1 Å². The molecule has 6 heteroatoms. The molecule has 0 radical (unpaired) electrons. The van der Waals surface area contributed by atoms with Crippen LogP contribution in [-0.4, -0.2) is 27.9 Å². The molecule has 0 saturated heterocycles. The van der Waals surface area contributed by atoms with E-state index in [1.165, 1.54) is 12.4 Å². The van der Waals surface area contributed by atoms with E-state index in [-0.39, 0.29) is 5.95 Å². The van der Waals surface area contributed by atoms with E-state index in [0.29, 0.717) is 11.8 Å². The van der Waals surface area contributed by atoms with Crippen molar-refractivity contribution in [2.24, 2.45) is 0 Å². The van der Waals surface area contributed by atoms with Gasteiger partial charge < -0.3 is 4.74 Å². The van der Waals surface area contributed by atoms with E-state index in [9.17, 15) is 9.59 Å². The van der Waals surface area contributed by atoms with Crippen LogP contribution in [0.2, 0.25) is 0 Å². The second kappa shape index (κ2) is 4.69. The molecule has 0 spiro atoms. The Morgan fingerprint density at radius 2 is 1.94 bits per heavy atom. The quantitative estimate of drug-likeness (QED) is 0.771. The van der Waals surface area contributed by atoms with Gasteiger partial charge in [0, 0.05) is 12.4 Å². The maximum atomic E-state index is 11.3. The molecule has 1 amide bonds. The largest absolute Gasteiger partial charge is 0.444 e. The molecule has 86 valence electrons. The summed E-state index contributed by atoms with van der Waals surface area (Å²) in [5.41, 5.74) is -0.234. The molecule has 6 nitrogen and oxygen atoms in total. The molecule has 0 atom stereocenters. The fourth-order valence-electron chi connectivity index (χ4n) is 0.858. The van der Waals surface area contributed by atoms with Crippen LogP contribution < -0.4 is 5.32 Å². The molecule has 0 unspecified atom stereocenters. The number of nitrogens with one attached hydrogen (secondary N) is 1. The van der Waals surface area contributed by atoms with Gasteiger partial charge >= 0.3 is 6.09 Å². The summed E-state index contributed by atoms with van der Waals surface area (Å²) in [6, 6.07) is 0. The first-order chi connectivity index (χ1) is 7.40. The molecule has 1 aromatic rings. The minimum atomic E-state index is -0.633. The van der Waals surface area contributed by atoms with Crippen LogP contribution in [0.25, 0.3) is 0 Å². The average molecular weight is 223 g/mol. The summed E-state index contributed by atoms with van der Waals surface area (Å²) < 4.78 is 5.00. The lowest BCUT2D eigenvalue weighted by atomic mass is 10.2. The van der Waals surface area contributed by atoms with Gasteiger partial charge in [-0.15, -0.1) is 0 Å². The zero-order valence-electron chi connectivity index (χ0n) is 9.35. The highest BCUT2D eigenvalue weighted by Gasteiger charge is 2.16. The maximum Gasteiger partial charge on any atom is 0.414 e. The number of hydrogen-bond donors (Lipinski definition) is 1. The minimum Gasteiger partial charge on any atom is -0.444 e. The summed E-state index contributed by atoms with van der Waals surface area (Å²) in [5, 5.41) is 2.35. The summed E-state index contributed by atoms with van der Waals surface area (Å²) in [6.45, 7) is 5.26. The lowest BCUT2D eigenvalue weighted by molar-refractivity contribution is 0.0634. The lowest BCUT2D eigenvalue weighted by Gasteiger charge is -2.19. The highest BCUT2D eigenvalue weighted by atomic mass is 16.6. The molecular formula is C10H13N3O3. The summed E-state index contributed by atoms with van der Waals surface area (Å²) in [4.78, 5) is 29.2. The monoisotopic (exact) mass is 223 g/mol.